The molecule has 35 heavy (non-hydrogen) atoms. The minimum Gasteiger partial charge on any atom is -0.497 e. The summed E-state index contributed by atoms with van der Waals surface area (Å²) in [4.78, 5) is 33.8. The molecule has 0 bridgehead atoms. The van der Waals surface area contributed by atoms with Crippen LogP contribution in [0.2, 0.25) is 0 Å². The normalized spacial score (nSPS) is 11.2. The number of hydrogen-bond donors (Lipinski definition) is 3. The second-order valence-corrected chi connectivity index (χ2v) is 7.69. The number of aromatic nitrogens is 2. The van der Waals surface area contributed by atoms with Crippen molar-refractivity contribution in [3.05, 3.63) is 95.4 Å². The van der Waals surface area contributed by atoms with Gasteiger partial charge in [0.2, 0.25) is 0 Å². The zero-order chi connectivity index (χ0) is 24.6. The molecule has 0 aliphatic heterocycles. The Morgan fingerprint density at radius 3 is 2.43 bits per heavy atom. The Hall–Kier alpha value is -4.59. The number of imidazole rings is 1. The van der Waals surface area contributed by atoms with Crippen molar-refractivity contribution in [3.63, 3.8) is 0 Å². The van der Waals surface area contributed by atoms with Gasteiger partial charge in [-0.25, -0.2) is 4.98 Å². The molecule has 0 saturated heterocycles. The lowest BCUT2D eigenvalue weighted by molar-refractivity contribution is -0.117. The summed E-state index contributed by atoms with van der Waals surface area (Å²) in [6.07, 6.45) is 2.12. The standard InChI is InChI=1S/C27H26N4O4/c1-34-19-13-11-18(12-14-19)17-23(31-26(32)20-7-3-6-10-24(20)35-2)27(33)28-16-15-25-29-21-8-4-5-9-22(21)30-25/h3-14,17H,15-16H2,1-2H3,(H,28,33)(H,29,30)(H,31,32)/b23-17-. The van der Waals surface area contributed by atoms with E-state index in [1.807, 2.05) is 24.3 Å². The van der Waals surface area contributed by atoms with E-state index in [4.69, 9.17) is 9.47 Å². The number of ether oxygens (including phenoxy) is 2. The molecule has 0 saturated carbocycles. The summed E-state index contributed by atoms with van der Waals surface area (Å²) < 4.78 is 10.5. The molecule has 1 aromatic heterocycles. The fraction of sp³-hybridized carbons (Fsp3) is 0.148. The van der Waals surface area contributed by atoms with Gasteiger partial charge in [0.1, 0.15) is 23.0 Å². The number of aromatic amines is 1. The molecule has 0 radical (unpaired) electrons. The fourth-order valence-corrected chi connectivity index (χ4v) is 3.56. The maximum absolute atomic E-state index is 13.1. The van der Waals surface area contributed by atoms with Crippen LogP contribution in [0.15, 0.2) is 78.5 Å². The number of nitrogens with zero attached hydrogens (tertiary/aromatic N) is 1. The molecule has 0 spiro atoms. The molecule has 3 N–H and O–H groups in total. The van der Waals surface area contributed by atoms with Crippen LogP contribution < -0.4 is 20.1 Å². The summed E-state index contributed by atoms with van der Waals surface area (Å²) in [5, 5.41) is 5.60. The fourth-order valence-electron chi connectivity index (χ4n) is 3.56. The minimum atomic E-state index is -0.449. The molecule has 8 nitrogen and oxygen atoms in total. The van der Waals surface area contributed by atoms with Crippen LogP contribution in [-0.4, -0.2) is 42.5 Å². The molecule has 1 heterocycles. The summed E-state index contributed by atoms with van der Waals surface area (Å²) in [5.74, 6) is 1.01. The van der Waals surface area contributed by atoms with Gasteiger partial charge >= 0.3 is 0 Å². The predicted octanol–water partition coefficient (Wildman–Crippen LogP) is 3.71. The van der Waals surface area contributed by atoms with E-state index in [2.05, 4.69) is 20.6 Å². The summed E-state index contributed by atoms with van der Waals surface area (Å²) in [6.45, 7) is 0.336. The van der Waals surface area contributed by atoms with Crippen molar-refractivity contribution in [1.29, 1.82) is 0 Å². The highest BCUT2D eigenvalue weighted by Crippen LogP contribution is 2.18. The lowest BCUT2D eigenvalue weighted by Gasteiger charge is -2.13. The van der Waals surface area contributed by atoms with Crippen LogP contribution in [0.3, 0.4) is 0 Å². The largest absolute Gasteiger partial charge is 0.497 e. The van der Waals surface area contributed by atoms with E-state index in [0.29, 0.717) is 30.0 Å². The topological polar surface area (TPSA) is 105 Å². The number of hydrogen-bond acceptors (Lipinski definition) is 5. The quantitative estimate of drug-likeness (QED) is 0.324. The van der Waals surface area contributed by atoms with Crippen molar-refractivity contribution >= 4 is 28.9 Å². The first-order valence-corrected chi connectivity index (χ1v) is 11.1. The molecule has 0 aliphatic rings. The SMILES string of the molecule is COc1ccc(/C=C(\NC(=O)c2ccccc2OC)C(=O)NCCc2nc3ccccc3[nH]2)cc1. The number of H-pyrrole nitrogens is 1. The summed E-state index contributed by atoms with van der Waals surface area (Å²) in [5.41, 5.74) is 2.98. The van der Waals surface area contributed by atoms with E-state index in [9.17, 15) is 9.59 Å². The van der Waals surface area contributed by atoms with Crippen molar-refractivity contribution in [1.82, 2.24) is 20.6 Å². The van der Waals surface area contributed by atoms with Gasteiger partial charge in [0, 0.05) is 13.0 Å². The lowest BCUT2D eigenvalue weighted by Crippen LogP contribution is -2.36. The summed E-state index contributed by atoms with van der Waals surface area (Å²) >= 11 is 0. The molecule has 0 unspecified atom stereocenters. The van der Waals surface area contributed by atoms with Crippen LogP contribution >= 0.6 is 0 Å². The van der Waals surface area contributed by atoms with Gasteiger partial charge in [-0.05, 0) is 48.0 Å². The number of para-hydroxylation sites is 3. The highest BCUT2D eigenvalue weighted by Gasteiger charge is 2.17. The van der Waals surface area contributed by atoms with E-state index in [0.717, 1.165) is 22.4 Å². The molecule has 178 valence electrons. The Kier molecular flexibility index (Phi) is 7.42. The third-order valence-corrected chi connectivity index (χ3v) is 5.36. The molecule has 4 rings (SSSR count). The maximum atomic E-state index is 13.1. The number of carbonyl (C=O) groups excluding carboxylic acids is 2. The number of fused-ring (bicyclic) bond motifs is 1. The number of benzene rings is 3. The second kappa shape index (κ2) is 11.0. The molecular weight excluding hydrogens is 444 g/mol. The van der Waals surface area contributed by atoms with Crippen LogP contribution in [0.25, 0.3) is 17.1 Å². The second-order valence-electron chi connectivity index (χ2n) is 7.69. The van der Waals surface area contributed by atoms with Gasteiger partial charge < -0.3 is 25.1 Å². The van der Waals surface area contributed by atoms with Gasteiger partial charge in [-0.2, -0.15) is 0 Å². The van der Waals surface area contributed by atoms with Gasteiger partial charge in [-0.3, -0.25) is 9.59 Å². The van der Waals surface area contributed by atoms with Crippen molar-refractivity contribution in [3.8, 4) is 11.5 Å². The van der Waals surface area contributed by atoms with Crippen molar-refractivity contribution in [2.45, 2.75) is 6.42 Å². The van der Waals surface area contributed by atoms with Crippen LogP contribution in [0.4, 0.5) is 0 Å². The minimum absolute atomic E-state index is 0.107. The van der Waals surface area contributed by atoms with Crippen LogP contribution in [0, 0.1) is 0 Å². The third kappa shape index (κ3) is 5.86. The third-order valence-electron chi connectivity index (χ3n) is 5.36. The van der Waals surface area contributed by atoms with Gasteiger partial charge in [0.25, 0.3) is 11.8 Å². The Balaban J connectivity index is 1.50. The molecule has 0 atom stereocenters. The molecule has 0 aliphatic carbocycles. The first-order chi connectivity index (χ1) is 17.1. The lowest BCUT2D eigenvalue weighted by atomic mass is 10.1. The van der Waals surface area contributed by atoms with Gasteiger partial charge in [-0.15, -0.1) is 0 Å². The maximum Gasteiger partial charge on any atom is 0.267 e. The number of methoxy groups -OCH3 is 2. The Bertz CT molecular complexity index is 1330. The van der Waals surface area contributed by atoms with E-state index in [1.54, 1.807) is 61.7 Å². The number of nitrogens with one attached hydrogen (secondary N) is 3. The average molecular weight is 471 g/mol. The van der Waals surface area contributed by atoms with E-state index >= 15 is 0 Å². The average Bonchev–Trinajstić information content (AvgIpc) is 3.31. The van der Waals surface area contributed by atoms with E-state index < -0.39 is 11.8 Å². The first-order valence-electron chi connectivity index (χ1n) is 11.1. The molecule has 3 aromatic carbocycles. The Labute approximate surface area is 203 Å². The zero-order valence-electron chi connectivity index (χ0n) is 19.5. The van der Waals surface area contributed by atoms with Gasteiger partial charge in [-0.1, -0.05) is 36.4 Å². The molecule has 2 amide bonds. The van der Waals surface area contributed by atoms with E-state index in [-0.39, 0.29) is 5.70 Å². The van der Waals surface area contributed by atoms with Crippen LogP contribution in [0.5, 0.6) is 11.5 Å². The zero-order valence-corrected chi connectivity index (χ0v) is 19.5. The molecular formula is C27H26N4O4. The van der Waals surface area contributed by atoms with Crippen LogP contribution in [0.1, 0.15) is 21.7 Å². The molecule has 8 heteroatoms. The van der Waals surface area contributed by atoms with Crippen molar-refractivity contribution in [2.24, 2.45) is 0 Å². The monoisotopic (exact) mass is 470 g/mol. The Morgan fingerprint density at radius 2 is 1.69 bits per heavy atom. The van der Waals surface area contributed by atoms with Gasteiger partial charge in [0.15, 0.2) is 0 Å². The molecule has 0 fully saturated rings. The number of amides is 2. The predicted molar refractivity (Wildman–Crippen MR) is 134 cm³/mol. The van der Waals surface area contributed by atoms with Crippen molar-refractivity contribution in [2.75, 3.05) is 20.8 Å². The van der Waals surface area contributed by atoms with Gasteiger partial charge in [0.05, 0.1) is 30.8 Å². The van der Waals surface area contributed by atoms with Crippen molar-refractivity contribution < 1.29 is 19.1 Å². The summed E-state index contributed by atoms with van der Waals surface area (Å²) in [6, 6.07) is 21.7. The highest BCUT2D eigenvalue weighted by atomic mass is 16.5. The number of carbonyl (C=O) groups is 2. The number of rotatable bonds is 9. The first kappa shape index (κ1) is 23.6. The van der Waals surface area contributed by atoms with E-state index in [1.165, 1.54) is 7.11 Å². The summed E-state index contributed by atoms with van der Waals surface area (Å²) in [7, 11) is 3.07. The van der Waals surface area contributed by atoms with Crippen LogP contribution in [-0.2, 0) is 11.2 Å². The Morgan fingerprint density at radius 1 is 0.943 bits per heavy atom. The molecule has 4 aromatic rings. The smallest absolute Gasteiger partial charge is 0.267 e. The highest BCUT2D eigenvalue weighted by molar-refractivity contribution is 6.06.